The summed E-state index contributed by atoms with van der Waals surface area (Å²) < 4.78 is 84.0. The van der Waals surface area contributed by atoms with Crippen LogP contribution < -0.4 is 0 Å². The van der Waals surface area contributed by atoms with Crippen LogP contribution >= 0.6 is 0 Å². The van der Waals surface area contributed by atoms with Gasteiger partial charge in [-0.3, -0.25) is 4.18 Å². The summed E-state index contributed by atoms with van der Waals surface area (Å²) in [7, 11) is -5.06. The second-order valence-electron chi connectivity index (χ2n) is 7.66. The number of hydrogen-bond acceptors (Lipinski definition) is 8. The molecule has 2 aromatic carbocycles. The van der Waals surface area contributed by atoms with Crippen LogP contribution in [-0.4, -0.2) is 67.9 Å². The first-order chi connectivity index (χ1) is 16.0. The maximum atomic E-state index is 13.1. The monoisotopic (exact) mass is 506 g/mol. The van der Waals surface area contributed by atoms with Crippen LogP contribution in [0.3, 0.4) is 0 Å². The highest BCUT2D eigenvalue weighted by molar-refractivity contribution is 7.87. The molecule has 6 atom stereocenters. The number of aliphatic hydroxyl groups is 2. The molecule has 12 heteroatoms. The summed E-state index contributed by atoms with van der Waals surface area (Å²) in [5, 5.41) is 21.2. The Morgan fingerprint density at radius 2 is 1.21 bits per heavy atom. The molecule has 188 valence electrons. The van der Waals surface area contributed by atoms with Gasteiger partial charge < -0.3 is 24.4 Å². The molecule has 34 heavy (non-hydrogen) atoms. The maximum Gasteiger partial charge on any atom is 0.523 e. The molecular formula is C22H25F3O8S. The largest absolute Gasteiger partial charge is 0.523 e. The second-order valence-corrected chi connectivity index (χ2v) is 9.23. The van der Waals surface area contributed by atoms with Gasteiger partial charge >= 0.3 is 15.6 Å². The number of alkyl halides is 3. The number of aliphatic hydroxyl groups excluding tert-OH is 2. The Labute approximate surface area is 195 Å². The zero-order valence-corrected chi connectivity index (χ0v) is 18.9. The molecule has 1 saturated carbocycles. The molecule has 2 N–H and O–H groups in total. The lowest BCUT2D eigenvalue weighted by molar-refractivity contribution is -0.251. The van der Waals surface area contributed by atoms with Crippen molar-refractivity contribution >= 4 is 10.1 Å². The standard InChI is InChI=1S/C22H25F3O8S/c1-30-18-16(26)17(27)19(31-12-14-8-4-2-5-9-14)20(32-13-15-10-6-3-7-11-15)21(18)33-34(28,29)22(23,24)25/h2-11,16-21,26-27H,12-13H2,1H3/t16-,17+,18+,19-,20-,21+/m0/s1. The van der Waals surface area contributed by atoms with Crippen LogP contribution in [0.1, 0.15) is 11.1 Å². The second kappa shape index (κ2) is 11.1. The molecule has 1 fully saturated rings. The molecule has 0 radical (unpaired) electrons. The molecular weight excluding hydrogens is 481 g/mol. The van der Waals surface area contributed by atoms with Gasteiger partial charge in [-0.2, -0.15) is 21.6 Å². The molecule has 1 aliphatic rings. The van der Waals surface area contributed by atoms with E-state index in [1.54, 1.807) is 60.7 Å². The first-order valence-corrected chi connectivity index (χ1v) is 11.7. The number of rotatable bonds is 9. The molecule has 0 amide bonds. The van der Waals surface area contributed by atoms with Gasteiger partial charge in [-0.15, -0.1) is 0 Å². The molecule has 0 aliphatic heterocycles. The van der Waals surface area contributed by atoms with E-state index in [4.69, 9.17) is 14.2 Å². The van der Waals surface area contributed by atoms with E-state index >= 15 is 0 Å². The summed E-state index contributed by atoms with van der Waals surface area (Å²) in [6, 6.07) is 17.2. The number of benzene rings is 2. The molecule has 0 saturated heterocycles. The summed E-state index contributed by atoms with van der Waals surface area (Å²) >= 11 is 0. The summed E-state index contributed by atoms with van der Waals surface area (Å²) in [5.41, 5.74) is -4.44. The van der Waals surface area contributed by atoms with Crippen LogP contribution in [0.2, 0.25) is 0 Å². The highest BCUT2D eigenvalue weighted by Gasteiger charge is 2.57. The number of ether oxygens (including phenoxy) is 3. The highest BCUT2D eigenvalue weighted by Crippen LogP contribution is 2.35. The first-order valence-electron chi connectivity index (χ1n) is 10.2. The lowest BCUT2D eigenvalue weighted by atomic mass is 9.84. The van der Waals surface area contributed by atoms with E-state index in [-0.39, 0.29) is 13.2 Å². The van der Waals surface area contributed by atoms with E-state index in [2.05, 4.69) is 4.18 Å². The number of methoxy groups -OCH3 is 1. The normalized spacial score (nSPS) is 28.1. The molecule has 3 rings (SSSR count). The van der Waals surface area contributed by atoms with E-state index in [1.807, 2.05) is 0 Å². The van der Waals surface area contributed by atoms with Crippen molar-refractivity contribution in [2.24, 2.45) is 0 Å². The topological polar surface area (TPSA) is 112 Å². The van der Waals surface area contributed by atoms with Crippen molar-refractivity contribution in [2.75, 3.05) is 7.11 Å². The summed E-state index contributed by atoms with van der Waals surface area (Å²) in [6.45, 7) is -0.265. The third-order valence-corrected chi connectivity index (χ3v) is 6.40. The SMILES string of the molecule is CO[C@@H]1[C@@H](O)[C@@H](O)[C@H](OCc2ccccc2)[C@H](OCc2ccccc2)[C@@H]1OS(=O)(=O)C(F)(F)F. The van der Waals surface area contributed by atoms with Gasteiger partial charge in [-0.1, -0.05) is 60.7 Å². The number of hydrogen-bond donors (Lipinski definition) is 2. The van der Waals surface area contributed by atoms with Gasteiger partial charge in [0.25, 0.3) is 0 Å². The van der Waals surface area contributed by atoms with Crippen LogP contribution in [0, 0.1) is 0 Å². The van der Waals surface area contributed by atoms with Crippen molar-refractivity contribution in [2.45, 2.75) is 55.3 Å². The van der Waals surface area contributed by atoms with Crippen molar-refractivity contribution in [3.8, 4) is 0 Å². The number of halogens is 3. The van der Waals surface area contributed by atoms with E-state index < -0.39 is 52.3 Å². The van der Waals surface area contributed by atoms with Gasteiger partial charge in [0, 0.05) is 7.11 Å². The van der Waals surface area contributed by atoms with Gasteiger partial charge in [-0.05, 0) is 11.1 Å². The van der Waals surface area contributed by atoms with Crippen molar-refractivity contribution in [3.05, 3.63) is 71.8 Å². The van der Waals surface area contributed by atoms with Crippen molar-refractivity contribution in [1.82, 2.24) is 0 Å². The minimum atomic E-state index is -6.10. The third-order valence-electron chi connectivity index (χ3n) is 5.36. The average Bonchev–Trinajstić information content (AvgIpc) is 2.80. The van der Waals surface area contributed by atoms with Crippen LogP contribution in [0.4, 0.5) is 13.2 Å². The maximum absolute atomic E-state index is 13.1. The Morgan fingerprint density at radius 3 is 1.65 bits per heavy atom. The fraction of sp³-hybridized carbons (Fsp3) is 0.455. The molecule has 1 aliphatic carbocycles. The van der Waals surface area contributed by atoms with E-state index in [0.29, 0.717) is 11.1 Å². The van der Waals surface area contributed by atoms with E-state index in [9.17, 15) is 31.8 Å². The summed E-state index contributed by atoms with van der Waals surface area (Å²) in [5.74, 6) is 0. The summed E-state index contributed by atoms with van der Waals surface area (Å²) in [6.07, 6.45) is -10.1. The van der Waals surface area contributed by atoms with Crippen LogP contribution in [0.5, 0.6) is 0 Å². The Hall–Kier alpha value is -2.06. The Kier molecular flexibility index (Phi) is 8.68. The Morgan fingerprint density at radius 1 is 0.765 bits per heavy atom. The van der Waals surface area contributed by atoms with Gasteiger partial charge in [0.1, 0.15) is 36.6 Å². The fourth-order valence-corrected chi connectivity index (χ4v) is 4.27. The highest BCUT2D eigenvalue weighted by atomic mass is 32.2. The first kappa shape index (κ1) is 26.5. The van der Waals surface area contributed by atoms with Crippen molar-refractivity contribution < 1.29 is 50.2 Å². The van der Waals surface area contributed by atoms with Crippen LogP contribution in [-0.2, 0) is 41.7 Å². The minimum absolute atomic E-state index is 0.100. The molecule has 8 nitrogen and oxygen atoms in total. The van der Waals surface area contributed by atoms with Crippen LogP contribution in [0.25, 0.3) is 0 Å². The van der Waals surface area contributed by atoms with E-state index in [1.165, 1.54) is 0 Å². The summed E-state index contributed by atoms with van der Waals surface area (Å²) in [4.78, 5) is 0. The van der Waals surface area contributed by atoms with Crippen molar-refractivity contribution in [3.63, 3.8) is 0 Å². The Bertz CT molecular complexity index is 1000. The molecule has 0 spiro atoms. The average molecular weight is 506 g/mol. The molecule has 0 bridgehead atoms. The van der Waals surface area contributed by atoms with Gasteiger partial charge in [0.2, 0.25) is 0 Å². The van der Waals surface area contributed by atoms with Gasteiger partial charge in [0.05, 0.1) is 13.2 Å². The lowest BCUT2D eigenvalue weighted by Gasteiger charge is -2.46. The van der Waals surface area contributed by atoms with E-state index in [0.717, 1.165) is 7.11 Å². The predicted octanol–water partition coefficient (Wildman–Crippen LogP) is 2.14. The third kappa shape index (κ3) is 6.13. The van der Waals surface area contributed by atoms with Gasteiger partial charge in [-0.25, -0.2) is 0 Å². The van der Waals surface area contributed by atoms with Crippen molar-refractivity contribution in [1.29, 1.82) is 0 Å². The quantitative estimate of drug-likeness (QED) is 0.393. The Balaban J connectivity index is 1.94. The molecule has 2 aromatic rings. The molecule has 0 aromatic heterocycles. The fourth-order valence-electron chi connectivity index (χ4n) is 3.65. The van der Waals surface area contributed by atoms with Gasteiger partial charge in [0.15, 0.2) is 0 Å². The zero-order valence-electron chi connectivity index (χ0n) is 18.0. The zero-order chi connectivity index (χ0) is 24.9. The predicted molar refractivity (Wildman–Crippen MR) is 113 cm³/mol. The minimum Gasteiger partial charge on any atom is -0.387 e. The smallest absolute Gasteiger partial charge is 0.387 e. The lowest BCUT2D eigenvalue weighted by Crippen LogP contribution is -2.66. The molecule has 0 unspecified atom stereocenters. The molecule has 0 heterocycles. The van der Waals surface area contributed by atoms with Crippen LogP contribution in [0.15, 0.2) is 60.7 Å².